The molecule has 0 saturated heterocycles. The Bertz CT molecular complexity index is 1240. The molecule has 0 aromatic carbocycles. The van der Waals surface area contributed by atoms with Gasteiger partial charge < -0.3 is 27.9 Å². The Kier molecular flexibility index (Phi) is 51.2. The van der Waals surface area contributed by atoms with Crippen molar-refractivity contribution in [1.29, 1.82) is 0 Å². The maximum absolute atomic E-state index is 12.8. The summed E-state index contributed by atoms with van der Waals surface area (Å²) in [5.74, 6) is -0.823. The van der Waals surface area contributed by atoms with Gasteiger partial charge in [0.05, 0.1) is 27.7 Å². The highest BCUT2D eigenvalue weighted by Gasteiger charge is 2.22. The van der Waals surface area contributed by atoms with Gasteiger partial charge in [0.25, 0.3) is 7.82 Å². The lowest BCUT2D eigenvalue weighted by Gasteiger charge is -2.28. The van der Waals surface area contributed by atoms with Crippen LogP contribution in [-0.4, -0.2) is 70.0 Å². The molecule has 0 aliphatic rings. The number of esters is 2. The highest BCUT2D eigenvalue weighted by atomic mass is 31.2. The third-order valence-electron chi connectivity index (χ3n) is 13.4. The van der Waals surface area contributed by atoms with Crippen LogP contribution in [0.25, 0.3) is 0 Å². The van der Waals surface area contributed by atoms with E-state index in [0.29, 0.717) is 17.4 Å². The van der Waals surface area contributed by atoms with Gasteiger partial charge in [-0.2, -0.15) is 0 Å². The lowest BCUT2D eigenvalue weighted by Crippen LogP contribution is -2.37. The lowest BCUT2D eigenvalue weighted by atomic mass is 10.0. The molecule has 0 aromatic rings. The minimum atomic E-state index is -4.63. The lowest BCUT2D eigenvalue weighted by molar-refractivity contribution is -0.870. The van der Waals surface area contributed by atoms with E-state index in [9.17, 15) is 19.0 Å². The molecule has 0 rings (SSSR count). The molecule has 0 spiro atoms. The summed E-state index contributed by atoms with van der Waals surface area (Å²) in [6, 6.07) is 0. The van der Waals surface area contributed by atoms with Crippen molar-refractivity contribution in [3.63, 3.8) is 0 Å². The first-order valence-electron chi connectivity index (χ1n) is 30.0. The molecule has 0 radical (unpaired) electrons. The van der Waals surface area contributed by atoms with Gasteiger partial charge in [-0.3, -0.25) is 14.2 Å². The van der Waals surface area contributed by atoms with Crippen molar-refractivity contribution in [1.82, 2.24) is 0 Å². The van der Waals surface area contributed by atoms with Crippen molar-refractivity contribution < 1.29 is 42.1 Å². The molecule has 0 aromatic heterocycles. The molecule has 0 heterocycles. The minimum Gasteiger partial charge on any atom is -0.756 e. The van der Waals surface area contributed by atoms with Gasteiger partial charge in [0, 0.05) is 12.8 Å². The number of unbranched alkanes of at least 4 members (excludes halogenated alkanes) is 38. The number of carbonyl (C=O) groups excluding carboxylic acids is 2. The maximum atomic E-state index is 12.8. The first-order chi connectivity index (χ1) is 34.0. The summed E-state index contributed by atoms with van der Waals surface area (Å²) in [5, 5.41) is 0. The Morgan fingerprint density at radius 3 is 1.06 bits per heavy atom. The van der Waals surface area contributed by atoms with Gasteiger partial charge in [-0.05, 0) is 64.2 Å². The Hall–Kier alpha value is -1.51. The van der Waals surface area contributed by atoms with Crippen LogP contribution in [-0.2, 0) is 32.7 Å². The highest BCUT2D eigenvalue weighted by Crippen LogP contribution is 2.38. The van der Waals surface area contributed by atoms with Crippen LogP contribution in [0.1, 0.15) is 296 Å². The summed E-state index contributed by atoms with van der Waals surface area (Å²) >= 11 is 0. The van der Waals surface area contributed by atoms with E-state index in [4.69, 9.17) is 18.5 Å². The van der Waals surface area contributed by atoms with Crippen molar-refractivity contribution in [3.8, 4) is 0 Å². The zero-order valence-corrected chi connectivity index (χ0v) is 47.9. The smallest absolute Gasteiger partial charge is 0.306 e. The summed E-state index contributed by atoms with van der Waals surface area (Å²) < 4.78 is 34.2. The number of ether oxygens (including phenoxy) is 2. The molecule has 2 atom stereocenters. The van der Waals surface area contributed by atoms with Crippen LogP contribution in [0.4, 0.5) is 0 Å². The average Bonchev–Trinajstić information content (AvgIpc) is 3.32. The number of allylic oxidation sites excluding steroid dienone is 4. The number of phosphoric ester groups is 1. The zero-order valence-electron chi connectivity index (χ0n) is 47.0. The van der Waals surface area contributed by atoms with Crippen molar-refractivity contribution in [2.75, 3.05) is 47.5 Å². The van der Waals surface area contributed by atoms with Gasteiger partial charge in [0.1, 0.15) is 19.8 Å². The van der Waals surface area contributed by atoms with Gasteiger partial charge in [0.2, 0.25) is 0 Å². The van der Waals surface area contributed by atoms with Crippen LogP contribution in [0, 0.1) is 0 Å². The number of carbonyl (C=O) groups is 2. The average molecular weight is 1010 g/mol. The number of quaternary nitrogens is 1. The summed E-state index contributed by atoms with van der Waals surface area (Å²) in [4.78, 5) is 37.8. The number of nitrogens with zero attached hydrogens (tertiary/aromatic N) is 1. The summed E-state index contributed by atoms with van der Waals surface area (Å²) in [5.41, 5.74) is 0. The Labute approximate surface area is 434 Å². The summed E-state index contributed by atoms with van der Waals surface area (Å²) in [7, 11) is 1.18. The van der Waals surface area contributed by atoms with Crippen molar-refractivity contribution in [3.05, 3.63) is 24.3 Å². The third kappa shape index (κ3) is 55.8. The number of hydrogen-bond acceptors (Lipinski definition) is 8. The largest absolute Gasteiger partial charge is 0.756 e. The van der Waals surface area contributed by atoms with E-state index in [1.54, 1.807) is 0 Å². The van der Waals surface area contributed by atoms with Gasteiger partial charge in [0.15, 0.2) is 6.10 Å². The van der Waals surface area contributed by atoms with E-state index >= 15 is 0 Å². The van der Waals surface area contributed by atoms with Crippen LogP contribution >= 0.6 is 7.82 Å². The normalized spacial score (nSPS) is 13.4. The molecule has 10 heteroatoms. The fourth-order valence-electron chi connectivity index (χ4n) is 8.77. The Morgan fingerprint density at radius 2 is 0.729 bits per heavy atom. The molecule has 2 unspecified atom stereocenters. The fraction of sp³-hybridized carbons (Fsp3) is 0.900. The number of phosphoric acid groups is 1. The Balaban J connectivity index is 4.06. The molecule has 0 bridgehead atoms. The van der Waals surface area contributed by atoms with Gasteiger partial charge >= 0.3 is 11.9 Å². The SMILES string of the molecule is CCCCCCCC/C=C\CCCCCCCCCC(=O)OCC(COP(=O)([O-])OCC[N+](C)(C)C)OC(=O)CCCCCCCCCCCCCCCCCCC/C=C\CCCCCCCCCC. The molecule has 9 nitrogen and oxygen atoms in total. The van der Waals surface area contributed by atoms with Crippen LogP contribution in [0.15, 0.2) is 24.3 Å². The van der Waals surface area contributed by atoms with Gasteiger partial charge in [-0.25, -0.2) is 0 Å². The molecule has 0 saturated carbocycles. The molecular formula is C60H116NO8P. The second-order valence-corrected chi connectivity index (χ2v) is 23.1. The van der Waals surface area contributed by atoms with Crippen LogP contribution < -0.4 is 4.89 Å². The van der Waals surface area contributed by atoms with Crippen LogP contribution in [0.3, 0.4) is 0 Å². The zero-order chi connectivity index (χ0) is 51.3. The molecule has 0 N–H and O–H groups in total. The molecule has 0 aliphatic carbocycles. The van der Waals surface area contributed by atoms with E-state index in [-0.39, 0.29) is 32.0 Å². The molecule has 0 amide bonds. The first-order valence-corrected chi connectivity index (χ1v) is 31.5. The van der Waals surface area contributed by atoms with Crippen LogP contribution in [0.5, 0.6) is 0 Å². The van der Waals surface area contributed by atoms with Crippen LogP contribution in [0.2, 0.25) is 0 Å². The van der Waals surface area contributed by atoms with Crippen molar-refractivity contribution in [2.24, 2.45) is 0 Å². The quantitative estimate of drug-likeness (QED) is 0.0195. The van der Waals surface area contributed by atoms with E-state index in [1.165, 1.54) is 218 Å². The predicted octanol–water partition coefficient (Wildman–Crippen LogP) is 18.0. The topological polar surface area (TPSA) is 111 Å². The molecule has 70 heavy (non-hydrogen) atoms. The minimum absolute atomic E-state index is 0.0289. The molecule has 0 aliphatic heterocycles. The number of hydrogen-bond donors (Lipinski definition) is 0. The standard InChI is InChI=1S/C60H116NO8P/c1-6-8-10-12-14-16-18-20-22-24-25-26-27-28-29-30-31-32-33-34-35-37-39-41-43-45-47-49-51-53-60(63)69-58(57-68-70(64,65)67-55-54-61(3,4)5)56-66-59(62)52-50-48-46-44-42-40-38-36-23-21-19-17-15-13-11-9-7-2/h21,23-25,58H,6-20,22,26-57H2,1-5H3/b23-21-,25-24-. The third-order valence-corrected chi connectivity index (χ3v) is 14.4. The summed E-state index contributed by atoms with van der Waals surface area (Å²) in [6.45, 7) is 4.28. The van der Waals surface area contributed by atoms with E-state index in [1.807, 2.05) is 21.1 Å². The monoisotopic (exact) mass is 1010 g/mol. The predicted molar refractivity (Wildman–Crippen MR) is 296 cm³/mol. The maximum Gasteiger partial charge on any atom is 0.306 e. The van der Waals surface area contributed by atoms with Crippen molar-refractivity contribution in [2.45, 2.75) is 302 Å². The molecule has 414 valence electrons. The Morgan fingerprint density at radius 1 is 0.429 bits per heavy atom. The van der Waals surface area contributed by atoms with Gasteiger partial charge in [-0.15, -0.1) is 0 Å². The van der Waals surface area contributed by atoms with E-state index < -0.39 is 26.5 Å². The second kappa shape index (κ2) is 52.4. The molecule has 0 fully saturated rings. The molecular weight excluding hydrogens is 894 g/mol. The van der Waals surface area contributed by atoms with Gasteiger partial charge in [-0.1, -0.05) is 244 Å². The van der Waals surface area contributed by atoms with E-state index in [0.717, 1.165) is 44.9 Å². The number of rotatable bonds is 56. The first kappa shape index (κ1) is 68.5. The van der Waals surface area contributed by atoms with E-state index in [2.05, 4.69) is 38.2 Å². The number of likely N-dealkylation sites (N-methyl/N-ethyl adjacent to an activating group) is 1. The fourth-order valence-corrected chi connectivity index (χ4v) is 9.49. The second-order valence-electron chi connectivity index (χ2n) is 21.7. The van der Waals surface area contributed by atoms with Crippen molar-refractivity contribution >= 4 is 19.8 Å². The highest BCUT2D eigenvalue weighted by molar-refractivity contribution is 7.45. The summed E-state index contributed by atoms with van der Waals surface area (Å²) in [6.07, 6.45) is 62.3.